The zero-order valence-electron chi connectivity index (χ0n) is 13.4. The number of benzene rings is 1. The summed E-state index contributed by atoms with van der Waals surface area (Å²) in [5.74, 6) is -0.350. The Bertz CT molecular complexity index is 525. The maximum atomic E-state index is 12.0. The van der Waals surface area contributed by atoms with E-state index >= 15 is 0 Å². The van der Waals surface area contributed by atoms with Gasteiger partial charge in [0.25, 0.3) is 5.91 Å². The molecule has 1 fully saturated rings. The first kappa shape index (κ1) is 17.2. The number of carbonyl (C=O) groups excluding carboxylic acids is 2. The van der Waals surface area contributed by atoms with Crippen LogP contribution in [0.4, 0.5) is 10.5 Å². The van der Waals surface area contributed by atoms with Gasteiger partial charge in [-0.1, -0.05) is 0 Å². The second-order valence-electron chi connectivity index (χ2n) is 5.68. The van der Waals surface area contributed by atoms with Crippen LogP contribution in [0.1, 0.15) is 43.5 Å². The van der Waals surface area contributed by atoms with Crippen molar-refractivity contribution in [1.82, 2.24) is 10.8 Å². The highest BCUT2D eigenvalue weighted by Gasteiger charge is 2.16. The predicted octanol–water partition coefficient (Wildman–Crippen LogP) is 2.40. The lowest BCUT2D eigenvalue weighted by molar-refractivity contribution is -0.186. The number of ether oxygens (including phenoxy) is 1. The van der Waals surface area contributed by atoms with E-state index in [1.54, 1.807) is 24.3 Å². The van der Waals surface area contributed by atoms with Gasteiger partial charge in [-0.25, -0.2) is 15.1 Å². The zero-order valence-corrected chi connectivity index (χ0v) is 13.4. The summed E-state index contributed by atoms with van der Waals surface area (Å²) in [6.07, 6.45) is 2.44. The Kier molecular flexibility index (Phi) is 6.37. The number of carbonyl (C=O) groups is 2. The van der Waals surface area contributed by atoms with Crippen molar-refractivity contribution in [3.63, 3.8) is 0 Å². The van der Waals surface area contributed by atoms with Crippen LogP contribution in [0.3, 0.4) is 0 Å². The number of amides is 3. The Morgan fingerprint density at radius 3 is 2.57 bits per heavy atom. The van der Waals surface area contributed by atoms with Gasteiger partial charge in [0.1, 0.15) is 0 Å². The molecule has 1 aliphatic rings. The van der Waals surface area contributed by atoms with Crippen LogP contribution in [-0.4, -0.2) is 30.9 Å². The van der Waals surface area contributed by atoms with Crippen LogP contribution in [0.5, 0.6) is 0 Å². The van der Waals surface area contributed by atoms with E-state index in [-0.39, 0.29) is 24.3 Å². The molecule has 0 unspecified atom stereocenters. The minimum absolute atomic E-state index is 0.0548. The highest BCUT2D eigenvalue weighted by atomic mass is 16.8. The van der Waals surface area contributed by atoms with E-state index in [2.05, 4.69) is 16.1 Å². The van der Waals surface area contributed by atoms with Gasteiger partial charge in [0.15, 0.2) is 6.29 Å². The molecule has 1 saturated heterocycles. The maximum Gasteiger partial charge on any atom is 0.319 e. The number of hydrogen-bond acceptors (Lipinski definition) is 4. The van der Waals surface area contributed by atoms with E-state index in [1.165, 1.54) is 0 Å². The summed E-state index contributed by atoms with van der Waals surface area (Å²) < 4.78 is 5.37. The van der Waals surface area contributed by atoms with Gasteiger partial charge < -0.3 is 15.4 Å². The van der Waals surface area contributed by atoms with Crippen LogP contribution in [0.2, 0.25) is 0 Å². The van der Waals surface area contributed by atoms with Gasteiger partial charge in [-0.3, -0.25) is 4.79 Å². The molecule has 2 rings (SSSR count). The van der Waals surface area contributed by atoms with Crippen molar-refractivity contribution in [2.24, 2.45) is 0 Å². The molecular weight excluding hydrogens is 298 g/mol. The van der Waals surface area contributed by atoms with Crippen molar-refractivity contribution in [2.75, 3.05) is 11.9 Å². The van der Waals surface area contributed by atoms with E-state index in [1.807, 2.05) is 13.8 Å². The number of rotatable bonds is 5. The van der Waals surface area contributed by atoms with Gasteiger partial charge in [-0.05, 0) is 51.0 Å². The molecule has 1 aromatic carbocycles. The average Bonchev–Trinajstić information content (AvgIpc) is 2.53. The molecule has 0 aliphatic carbocycles. The molecule has 126 valence electrons. The summed E-state index contributed by atoms with van der Waals surface area (Å²) in [6, 6.07) is 6.32. The molecule has 1 heterocycles. The van der Waals surface area contributed by atoms with Crippen molar-refractivity contribution in [3.8, 4) is 0 Å². The third kappa shape index (κ3) is 5.88. The van der Waals surface area contributed by atoms with E-state index in [9.17, 15) is 9.59 Å². The zero-order chi connectivity index (χ0) is 16.7. The van der Waals surface area contributed by atoms with Gasteiger partial charge in [0.05, 0.1) is 0 Å². The van der Waals surface area contributed by atoms with Crippen molar-refractivity contribution in [1.29, 1.82) is 0 Å². The van der Waals surface area contributed by atoms with Gasteiger partial charge in [0.2, 0.25) is 0 Å². The van der Waals surface area contributed by atoms with Crippen LogP contribution >= 0.6 is 0 Å². The van der Waals surface area contributed by atoms with Crippen molar-refractivity contribution in [3.05, 3.63) is 29.8 Å². The minimum Gasteiger partial charge on any atom is -0.350 e. The average molecular weight is 321 g/mol. The number of nitrogens with one attached hydrogen (secondary N) is 3. The van der Waals surface area contributed by atoms with Crippen molar-refractivity contribution >= 4 is 17.6 Å². The largest absolute Gasteiger partial charge is 0.350 e. The molecular formula is C16H23N3O4. The lowest BCUT2D eigenvalue weighted by atomic mass is 10.2. The highest BCUT2D eigenvalue weighted by molar-refractivity contribution is 5.95. The molecule has 7 nitrogen and oxygen atoms in total. The fourth-order valence-electron chi connectivity index (χ4n) is 2.12. The lowest BCUT2D eigenvalue weighted by Crippen LogP contribution is -2.34. The fraction of sp³-hybridized carbons (Fsp3) is 0.500. The van der Waals surface area contributed by atoms with Crippen molar-refractivity contribution in [2.45, 2.75) is 45.4 Å². The molecule has 1 aliphatic heterocycles. The van der Waals surface area contributed by atoms with Gasteiger partial charge >= 0.3 is 6.03 Å². The molecule has 0 aromatic heterocycles. The Morgan fingerprint density at radius 1 is 1.22 bits per heavy atom. The molecule has 0 bridgehead atoms. The first-order valence-corrected chi connectivity index (χ1v) is 7.80. The van der Waals surface area contributed by atoms with Crippen LogP contribution in [0.25, 0.3) is 0 Å². The molecule has 3 amide bonds. The standard InChI is InChI=1S/C16H23N3O4/c1-11(2)17-16(21)18-13-8-6-12(7-9-13)15(20)19-23-14-5-3-4-10-22-14/h6-9,11,14H,3-5,10H2,1-2H3,(H,19,20)(H2,17,18,21)/t14-/m0/s1. The second kappa shape index (κ2) is 8.50. The first-order chi connectivity index (χ1) is 11.0. The molecule has 23 heavy (non-hydrogen) atoms. The van der Waals surface area contributed by atoms with E-state index < -0.39 is 0 Å². The number of hydrogen-bond donors (Lipinski definition) is 3. The minimum atomic E-state index is -0.381. The summed E-state index contributed by atoms with van der Waals surface area (Å²) in [6.45, 7) is 4.41. The smallest absolute Gasteiger partial charge is 0.319 e. The SMILES string of the molecule is CC(C)NC(=O)Nc1ccc(C(=O)NO[C@H]2CCCCO2)cc1. The lowest BCUT2D eigenvalue weighted by Gasteiger charge is -2.22. The third-order valence-corrected chi connectivity index (χ3v) is 3.25. The normalized spacial score (nSPS) is 17.6. The Labute approximate surface area is 135 Å². The molecule has 0 radical (unpaired) electrons. The molecule has 0 saturated carbocycles. The number of anilines is 1. The maximum absolute atomic E-state index is 12.0. The topological polar surface area (TPSA) is 88.7 Å². The highest BCUT2D eigenvalue weighted by Crippen LogP contribution is 2.13. The molecule has 7 heteroatoms. The number of urea groups is 1. The predicted molar refractivity (Wildman–Crippen MR) is 85.9 cm³/mol. The number of hydroxylamine groups is 1. The summed E-state index contributed by atoms with van der Waals surface area (Å²) in [7, 11) is 0. The summed E-state index contributed by atoms with van der Waals surface area (Å²) in [4.78, 5) is 28.8. The summed E-state index contributed by atoms with van der Waals surface area (Å²) in [5.41, 5.74) is 3.44. The Morgan fingerprint density at radius 2 is 1.96 bits per heavy atom. The van der Waals surface area contributed by atoms with E-state index in [0.717, 1.165) is 19.3 Å². The Hall–Kier alpha value is -2.12. The summed E-state index contributed by atoms with van der Waals surface area (Å²) in [5, 5.41) is 5.41. The third-order valence-electron chi connectivity index (χ3n) is 3.25. The van der Waals surface area contributed by atoms with Crippen LogP contribution in [0.15, 0.2) is 24.3 Å². The second-order valence-corrected chi connectivity index (χ2v) is 5.68. The van der Waals surface area contributed by atoms with Crippen LogP contribution in [0, 0.1) is 0 Å². The van der Waals surface area contributed by atoms with E-state index in [4.69, 9.17) is 9.57 Å². The quantitative estimate of drug-likeness (QED) is 0.727. The van der Waals surface area contributed by atoms with Gasteiger partial charge in [0, 0.05) is 30.3 Å². The summed E-state index contributed by atoms with van der Waals surface area (Å²) >= 11 is 0. The van der Waals surface area contributed by atoms with Gasteiger partial charge in [-0.2, -0.15) is 0 Å². The Balaban J connectivity index is 1.81. The van der Waals surface area contributed by atoms with Crippen molar-refractivity contribution < 1.29 is 19.2 Å². The fourth-order valence-corrected chi connectivity index (χ4v) is 2.12. The van der Waals surface area contributed by atoms with Gasteiger partial charge in [-0.15, -0.1) is 0 Å². The molecule has 0 spiro atoms. The monoisotopic (exact) mass is 321 g/mol. The molecule has 1 aromatic rings. The molecule has 3 N–H and O–H groups in total. The van der Waals surface area contributed by atoms with E-state index in [0.29, 0.717) is 17.9 Å². The van der Waals surface area contributed by atoms with Crippen LogP contribution < -0.4 is 16.1 Å². The molecule has 1 atom stereocenters. The van der Waals surface area contributed by atoms with Crippen LogP contribution in [-0.2, 0) is 9.57 Å². The first-order valence-electron chi connectivity index (χ1n) is 7.80.